The molecule has 0 radical (unpaired) electrons. The van der Waals surface area contributed by atoms with Crippen molar-refractivity contribution in [3.8, 4) is 5.82 Å². The molecule has 0 bridgehead atoms. The molecule has 0 amide bonds. The largest absolute Gasteiger partial charge is 0.376 e. The van der Waals surface area contributed by atoms with Crippen molar-refractivity contribution in [2.45, 2.75) is 31.0 Å². The maximum absolute atomic E-state index is 6.05. The molecule has 6 nitrogen and oxygen atoms in total. The SMILES string of the molecule is S=C1N[C@H](c2ccccn2)[C@H](c2cccn2-c2ccc(Cl)cn2)N1C[C@H]1CCCO1. The molecule has 0 aromatic carbocycles. The minimum Gasteiger partial charge on any atom is -0.376 e. The Balaban J connectivity index is 1.56. The van der Waals surface area contributed by atoms with E-state index in [0.29, 0.717) is 5.02 Å². The van der Waals surface area contributed by atoms with Gasteiger partial charge in [-0.3, -0.25) is 4.98 Å². The van der Waals surface area contributed by atoms with Gasteiger partial charge in [0.05, 0.1) is 28.9 Å². The summed E-state index contributed by atoms with van der Waals surface area (Å²) in [6.07, 6.45) is 7.84. The molecule has 30 heavy (non-hydrogen) atoms. The lowest BCUT2D eigenvalue weighted by Gasteiger charge is -2.30. The van der Waals surface area contributed by atoms with E-state index in [2.05, 4.69) is 30.8 Å². The third-order valence-corrected chi connectivity index (χ3v) is 6.24. The lowest BCUT2D eigenvalue weighted by molar-refractivity contribution is 0.0836. The highest BCUT2D eigenvalue weighted by atomic mass is 35.5. The van der Waals surface area contributed by atoms with E-state index in [9.17, 15) is 0 Å². The van der Waals surface area contributed by atoms with Gasteiger partial charge >= 0.3 is 0 Å². The Morgan fingerprint density at radius 3 is 2.83 bits per heavy atom. The summed E-state index contributed by atoms with van der Waals surface area (Å²) in [6, 6.07) is 13.8. The van der Waals surface area contributed by atoms with Crippen LogP contribution in [-0.4, -0.2) is 43.8 Å². The van der Waals surface area contributed by atoms with Gasteiger partial charge in [0, 0.05) is 37.4 Å². The van der Waals surface area contributed by atoms with Crippen LogP contribution in [0.25, 0.3) is 5.82 Å². The Hall–Kier alpha value is -2.48. The van der Waals surface area contributed by atoms with Gasteiger partial charge in [0.1, 0.15) is 5.82 Å². The molecule has 3 aromatic rings. The molecule has 0 saturated carbocycles. The Morgan fingerprint density at radius 1 is 1.17 bits per heavy atom. The number of rotatable bonds is 5. The van der Waals surface area contributed by atoms with Crippen LogP contribution in [0.1, 0.15) is 36.3 Å². The number of hydrogen-bond acceptors (Lipinski definition) is 4. The van der Waals surface area contributed by atoms with E-state index in [1.807, 2.05) is 48.8 Å². The van der Waals surface area contributed by atoms with Crippen molar-refractivity contribution in [1.29, 1.82) is 0 Å². The topological polar surface area (TPSA) is 55.2 Å². The minimum absolute atomic E-state index is 0.0379. The summed E-state index contributed by atoms with van der Waals surface area (Å²) in [5.74, 6) is 0.814. The number of aromatic nitrogens is 3. The first-order chi connectivity index (χ1) is 14.7. The number of pyridine rings is 2. The van der Waals surface area contributed by atoms with Gasteiger partial charge in [0.15, 0.2) is 5.11 Å². The zero-order valence-electron chi connectivity index (χ0n) is 16.3. The van der Waals surface area contributed by atoms with Gasteiger partial charge in [-0.05, 0) is 61.5 Å². The molecular weight excluding hydrogens is 418 g/mol. The summed E-state index contributed by atoms with van der Waals surface area (Å²) in [6.45, 7) is 1.57. The molecule has 0 unspecified atom stereocenters. The van der Waals surface area contributed by atoms with E-state index in [-0.39, 0.29) is 18.2 Å². The van der Waals surface area contributed by atoms with Gasteiger partial charge in [0.25, 0.3) is 0 Å². The van der Waals surface area contributed by atoms with Gasteiger partial charge in [-0.1, -0.05) is 17.7 Å². The molecule has 3 atom stereocenters. The average molecular weight is 440 g/mol. The molecule has 2 fully saturated rings. The van der Waals surface area contributed by atoms with Crippen LogP contribution in [0.2, 0.25) is 5.02 Å². The second-order valence-electron chi connectivity index (χ2n) is 7.55. The molecule has 2 aliphatic heterocycles. The average Bonchev–Trinajstić information content (AvgIpc) is 3.51. The number of ether oxygens (including phenoxy) is 1. The molecule has 154 valence electrons. The van der Waals surface area contributed by atoms with Gasteiger partial charge < -0.3 is 19.5 Å². The fourth-order valence-electron chi connectivity index (χ4n) is 4.29. The zero-order valence-corrected chi connectivity index (χ0v) is 17.9. The normalized spacial score (nSPS) is 23.7. The molecule has 8 heteroatoms. The highest BCUT2D eigenvalue weighted by Crippen LogP contribution is 2.40. The van der Waals surface area contributed by atoms with E-state index in [1.54, 1.807) is 6.20 Å². The second kappa shape index (κ2) is 8.34. The minimum atomic E-state index is -0.0685. The summed E-state index contributed by atoms with van der Waals surface area (Å²) < 4.78 is 8.01. The molecule has 5 heterocycles. The van der Waals surface area contributed by atoms with Crippen LogP contribution in [0.5, 0.6) is 0 Å². The third kappa shape index (κ3) is 3.69. The number of nitrogens with zero attached hydrogens (tertiary/aromatic N) is 4. The number of nitrogens with one attached hydrogen (secondary N) is 1. The third-order valence-electron chi connectivity index (χ3n) is 5.66. The van der Waals surface area contributed by atoms with Crippen LogP contribution in [0.4, 0.5) is 0 Å². The Labute approximate surface area is 185 Å². The standard InChI is InChI=1S/C22H22ClN5OS/c23-15-8-9-19(25-13-15)27-11-3-7-18(27)21-20(17-6-1-2-10-24-17)26-22(30)28(21)14-16-5-4-12-29-16/h1-3,6-11,13,16,20-21H,4-5,12,14H2,(H,26,30)/t16-,20-,21+/m1/s1. The van der Waals surface area contributed by atoms with Crippen molar-refractivity contribution in [3.05, 3.63) is 77.5 Å². The fraction of sp³-hybridized carbons (Fsp3) is 0.318. The van der Waals surface area contributed by atoms with Crippen LogP contribution in [0.15, 0.2) is 61.1 Å². The molecule has 2 aliphatic rings. The van der Waals surface area contributed by atoms with Crippen molar-refractivity contribution in [3.63, 3.8) is 0 Å². The van der Waals surface area contributed by atoms with Crippen molar-refractivity contribution >= 4 is 28.9 Å². The molecule has 0 spiro atoms. The maximum atomic E-state index is 6.05. The van der Waals surface area contributed by atoms with E-state index in [0.717, 1.165) is 48.3 Å². The molecule has 0 aliphatic carbocycles. The van der Waals surface area contributed by atoms with Crippen LogP contribution in [0, 0.1) is 0 Å². The van der Waals surface area contributed by atoms with Crippen LogP contribution in [0.3, 0.4) is 0 Å². The van der Waals surface area contributed by atoms with Crippen LogP contribution in [-0.2, 0) is 4.74 Å². The molecule has 3 aromatic heterocycles. The number of thiocarbonyl (C=S) groups is 1. The van der Waals surface area contributed by atoms with Gasteiger partial charge in [-0.2, -0.15) is 0 Å². The van der Waals surface area contributed by atoms with Gasteiger partial charge in [-0.25, -0.2) is 4.98 Å². The highest BCUT2D eigenvalue weighted by Gasteiger charge is 2.42. The van der Waals surface area contributed by atoms with Crippen LogP contribution < -0.4 is 5.32 Å². The van der Waals surface area contributed by atoms with Gasteiger partial charge in [0.2, 0.25) is 0 Å². The molecule has 5 rings (SSSR count). The van der Waals surface area contributed by atoms with Crippen molar-refractivity contribution in [2.75, 3.05) is 13.2 Å². The summed E-state index contributed by atoms with van der Waals surface area (Å²) in [5.41, 5.74) is 2.04. The van der Waals surface area contributed by atoms with Crippen molar-refractivity contribution in [2.24, 2.45) is 0 Å². The van der Waals surface area contributed by atoms with Crippen LogP contribution >= 0.6 is 23.8 Å². The zero-order chi connectivity index (χ0) is 20.5. The summed E-state index contributed by atoms with van der Waals surface area (Å²) in [7, 11) is 0. The maximum Gasteiger partial charge on any atom is 0.170 e. The summed E-state index contributed by atoms with van der Waals surface area (Å²) in [5, 5.41) is 4.84. The predicted molar refractivity (Wildman–Crippen MR) is 120 cm³/mol. The molecule has 2 saturated heterocycles. The van der Waals surface area contributed by atoms with E-state index in [1.165, 1.54) is 0 Å². The van der Waals surface area contributed by atoms with Crippen molar-refractivity contribution < 1.29 is 4.74 Å². The number of halogens is 1. The summed E-state index contributed by atoms with van der Waals surface area (Å²) >= 11 is 11.8. The summed E-state index contributed by atoms with van der Waals surface area (Å²) in [4.78, 5) is 11.4. The van der Waals surface area contributed by atoms with E-state index in [4.69, 9.17) is 28.6 Å². The Morgan fingerprint density at radius 2 is 2.10 bits per heavy atom. The highest BCUT2D eigenvalue weighted by molar-refractivity contribution is 7.80. The molecular formula is C22H22ClN5OS. The Kier molecular flexibility index (Phi) is 5.41. The lowest BCUT2D eigenvalue weighted by atomic mass is 10.0. The van der Waals surface area contributed by atoms with E-state index >= 15 is 0 Å². The predicted octanol–water partition coefficient (Wildman–Crippen LogP) is 4.07. The monoisotopic (exact) mass is 439 g/mol. The molecule has 1 N–H and O–H groups in total. The van der Waals surface area contributed by atoms with Crippen molar-refractivity contribution in [1.82, 2.24) is 24.8 Å². The fourth-order valence-corrected chi connectivity index (χ4v) is 4.71. The lowest BCUT2D eigenvalue weighted by Crippen LogP contribution is -2.36. The number of hydrogen-bond donors (Lipinski definition) is 1. The quantitative estimate of drug-likeness (QED) is 0.605. The first-order valence-electron chi connectivity index (χ1n) is 10.1. The van der Waals surface area contributed by atoms with E-state index < -0.39 is 0 Å². The smallest absolute Gasteiger partial charge is 0.170 e. The first kappa shape index (κ1) is 19.5. The Bertz CT molecular complexity index is 1020. The first-order valence-corrected chi connectivity index (χ1v) is 10.9. The van der Waals surface area contributed by atoms with Gasteiger partial charge in [-0.15, -0.1) is 0 Å². The second-order valence-corrected chi connectivity index (χ2v) is 8.37.